The Balaban J connectivity index is 1.75. The Morgan fingerprint density at radius 2 is 1.76 bits per heavy atom. The number of hydrogen-bond acceptors (Lipinski definition) is 3. The number of hydrazone groups is 1. The number of nitrogens with zero attached hydrogens (tertiary/aromatic N) is 1. The molecule has 0 bridgehead atoms. The Morgan fingerprint density at radius 3 is 2.43 bits per heavy atom. The summed E-state index contributed by atoms with van der Waals surface area (Å²) in [6, 6.07) is 19.2. The van der Waals surface area contributed by atoms with Gasteiger partial charge >= 0.3 is 0 Å². The summed E-state index contributed by atoms with van der Waals surface area (Å²) in [5.74, 6) is 0.520. The SMILES string of the molecule is C[C@@H](/C=N/NC(=O)COc1ccccc1)c1ccccc1. The summed E-state index contributed by atoms with van der Waals surface area (Å²) in [6.07, 6.45) is 1.70. The second-order valence-corrected chi connectivity index (χ2v) is 4.61. The van der Waals surface area contributed by atoms with Crippen molar-refractivity contribution in [3.8, 4) is 5.75 Å². The zero-order valence-electron chi connectivity index (χ0n) is 11.9. The van der Waals surface area contributed by atoms with Crippen LogP contribution in [0, 0.1) is 0 Å². The molecule has 4 nitrogen and oxygen atoms in total. The number of para-hydroxylation sites is 1. The molecule has 0 spiro atoms. The first-order valence-corrected chi connectivity index (χ1v) is 6.80. The van der Waals surface area contributed by atoms with Gasteiger partial charge in [-0.1, -0.05) is 55.5 Å². The summed E-state index contributed by atoms with van der Waals surface area (Å²) in [4.78, 5) is 11.6. The van der Waals surface area contributed by atoms with Crippen LogP contribution < -0.4 is 10.2 Å². The van der Waals surface area contributed by atoms with Gasteiger partial charge in [0, 0.05) is 12.1 Å². The molecule has 0 heterocycles. The van der Waals surface area contributed by atoms with E-state index in [1.165, 1.54) is 0 Å². The normalized spacial score (nSPS) is 12.0. The van der Waals surface area contributed by atoms with Gasteiger partial charge in [0.1, 0.15) is 5.75 Å². The number of benzene rings is 2. The Labute approximate surface area is 124 Å². The molecular formula is C17H18N2O2. The largest absolute Gasteiger partial charge is 0.484 e. The van der Waals surface area contributed by atoms with Gasteiger partial charge in [0.15, 0.2) is 6.61 Å². The molecule has 0 fully saturated rings. The van der Waals surface area contributed by atoms with E-state index >= 15 is 0 Å². The maximum atomic E-state index is 11.6. The lowest BCUT2D eigenvalue weighted by molar-refractivity contribution is -0.123. The van der Waals surface area contributed by atoms with E-state index in [-0.39, 0.29) is 18.4 Å². The summed E-state index contributed by atoms with van der Waals surface area (Å²) in [7, 11) is 0. The topological polar surface area (TPSA) is 50.7 Å². The average molecular weight is 282 g/mol. The van der Waals surface area contributed by atoms with Gasteiger partial charge in [0.05, 0.1) is 0 Å². The lowest BCUT2D eigenvalue weighted by Gasteiger charge is -2.06. The van der Waals surface area contributed by atoms with Crippen LogP contribution >= 0.6 is 0 Å². The fraction of sp³-hybridized carbons (Fsp3) is 0.176. The standard InChI is InChI=1S/C17H18N2O2/c1-14(15-8-4-2-5-9-15)12-18-19-17(20)13-21-16-10-6-3-7-11-16/h2-12,14H,13H2,1H3,(H,19,20)/b18-12+/t14-/m0/s1. The van der Waals surface area contributed by atoms with Gasteiger partial charge < -0.3 is 4.74 Å². The van der Waals surface area contributed by atoms with E-state index in [0.29, 0.717) is 5.75 Å². The molecular weight excluding hydrogens is 264 g/mol. The van der Waals surface area contributed by atoms with Crippen molar-refractivity contribution in [2.75, 3.05) is 6.61 Å². The molecule has 0 aliphatic carbocycles. The van der Waals surface area contributed by atoms with Crippen LogP contribution in [0.15, 0.2) is 65.8 Å². The van der Waals surface area contributed by atoms with Gasteiger partial charge in [-0.05, 0) is 17.7 Å². The van der Waals surface area contributed by atoms with Crippen molar-refractivity contribution in [2.24, 2.45) is 5.10 Å². The molecule has 2 aromatic rings. The highest BCUT2D eigenvalue weighted by Crippen LogP contribution is 2.11. The second-order valence-electron chi connectivity index (χ2n) is 4.61. The number of carbonyl (C=O) groups is 1. The number of ether oxygens (including phenoxy) is 1. The molecule has 0 aliphatic heterocycles. The Kier molecular flexibility index (Phi) is 5.52. The Morgan fingerprint density at radius 1 is 1.14 bits per heavy atom. The molecule has 1 N–H and O–H groups in total. The average Bonchev–Trinajstić information content (AvgIpc) is 2.54. The molecule has 2 aromatic carbocycles. The van der Waals surface area contributed by atoms with E-state index in [1.807, 2.05) is 55.5 Å². The van der Waals surface area contributed by atoms with E-state index in [4.69, 9.17) is 4.74 Å². The predicted octanol–water partition coefficient (Wildman–Crippen LogP) is 2.97. The van der Waals surface area contributed by atoms with E-state index in [0.717, 1.165) is 5.56 Å². The third-order valence-electron chi connectivity index (χ3n) is 2.93. The predicted molar refractivity (Wildman–Crippen MR) is 83.4 cm³/mol. The number of rotatable bonds is 6. The highest BCUT2D eigenvalue weighted by molar-refractivity contribution is 5.78. The van der Waals surface area contributed by atoms with Gasteiger partial charge in [-0.15, -0.1) is 0 Å². The first-order chi connectivity index (χ1) is 10.3. The third kappa shape index (κ3) is 5.10. The fourth-order valence-electron chi connectivity index (χ4n) is 1.76. The van der Waals surface area contributed by atoms with Crippen LogP contribution in [0.4, 0.5) is 0 Å². The van der Waals surface area contributed by atoms with Crippen LogP contribution in [0.25, 0.3) is 0 Å². The summed E-state index contributed by atoms with van der Waals surface area (Å²) in [6.45, 7) is 1.96. The highest BCUT2D eigenvalue weighted by atomic mass is 16.5. The quantitative estimate of drug-likeness (QED) is 0.654. The van der Waals surface area contributed by atoms with Gasteiger partial charge in [-0.2, -0.15) is 5.10 Å². The van der Waals surface area contributed by atoms with Crippen molar-refractivity contribution in [3.63, 3.8) is 0 Å². The molecule has 2 rings (SSSR count). The first-order valence-electron chi connectivity index (χ1n) is 6.80. The monoisotopic (exact) mass is 282 g/mol. The molecule has 0 saturated carbocycles. The number of carbonyl (C=O) groups excluding carboxylic acids is 1. The first kappa shape index (κ1) is 14.8. The molecule has 0 radical (unpaired) electrons. The smallest absolute Gasteiger partial charge is 0.277 e. The fourth-order valence-corrected chi connectivity index (χ4v) is 1.76. The second kappa shape index (κ2) is 7.85. The Hall–Kier alpha value is -2.62. The van der Waals surface area contributed by atoms with Crippen LogP contribution in [-0.2, 0) is 4.79 Å². The van der Waals surface area contributed by atoms with Crippen LogP contribution in [0.3, 0.4) is 0 Å². The molecule has 0 aromatic heterocycles. The minimum Gasteiger partial charge on any atom is -0.484 e. The summed E-state index contributed by atoms with van der Waals surface area (Å²) in [5.41, 5.74) is 3.61. The Bertz CT molecular complexity index is 582. The molecule has 0 saturated heterocycles. The third-order valence-corrected chi connectivity index (χ3v) is 2.93. The van der Waals surface area contributed by atoms with E-state index < -0.39 is 0 Å². The van der Waals surface area contributed by atoms with Crippen molar-refractivity contribution in [1.82, 2.24) is 5.43 Å². The van der Waals surface area contributed by atoms with E-state index in [1.54, 1.807) is 18.3 Å². The van der Waals surface area contributed by atoms with Crippen molar-refractivity contribution < 1.29 is 9.53 Å². The van der Waals surface area contributed by atoms with Gasteiger partial charge in [-0.25, -0.2) is 5.43 Å². The van der Waals surface area contributed by atoms with Crippen molar-refractivity contribution in [3.05, 3.63) is 66.2 Å². The zero-order valence-corrected chi connectivity index (χ0v) is 11.9. The maximum Gasteiger partial charge on any atom is 0.277 e. The lowest BCUT2D eigenvalue weighted by atomic mass is 10.0. The van der Waals surface area contributed by atoms with Gasteiger partial charge in [-0.3, -0.25) is 4.79 Å². The van der Waals surface area contributed by atoms with Crippen molar-refractivity contribution in [1.29, 1.82) is 0 Å². The van der Waals surface area contributed by atoms with Crippen LogP contribution in [-0.4, -0.2) is 18.7 Å². The van der Waals surface area contributed by atoms with Crippen LogP contribution in [0.5, 0.6) is 5.75 Å². The molecule has 108 valence electrons. The summed E-state index contributed by atoms with van der Waals surface area (Å²) < 4.78 is 5.32. The molecule has 0 unspecified atom stereocenters. The maximum absolute atomic E-state index is 11.6. The summed E-state index contributed by atoms with van der Waals surface area (Å²) in [5, 5.41) is 3.96. The van der Waals surface area contributed by atoms with Crippen molar-refractivity contribution in [2.45, 2.75) is 12.8 Å². The van der Waals surface area contributed by atoms with Crippen LogP contribution in [0.1, 0.15) is 18.4 Å². The molecule has 0 aliphatic rings. The van der Waals surface area contributed by atoms with Gasteiger partial charge in [0.25, 0.3) is 5.91 Å². The molecule has 1 amide bonds. The van der Waals surface area contributed by atoms with Gasteiger partial charge in [0.2, 0.25) is 0 Å². The van der Waals surface area contributed by atoms with Crippen LogP contribution in [0.2, 0.25) is 0 Å². The highest BCUT2D eigenvalue weighted by Gasteiger charge is 2.03. The lowest BCUT2D eigenvalue weighted by Crippen LogP contribution is -2.24. The zero-order chi connectivity index (χ0) is 14.9. The van der Waals surface area contributed by atoms with Crippen molar-refractivity contribution >= 4 is 12.1 Å². The van der Waals surface area contributed by atoms with E-state index in [9.17, 15) is 4.79 Å². The molecule has 1 atom stereocenters. The molecule has 21 heavy (non-hydrogen) atoms. The summed E-state index contributed by atoms with van der Waals surface area (Å²) >= 11 is 0. The minimum absolute atomic E-state index is 0.0545. The van der Waals surface area contributed by atoms with E-state index in [2.05, 4.69) is 10.5 Å². The number of nitrogens with one attached hydrogen (secondary N) is 1. The number of hydrogen-bond donors (Lipinski definition) is 1. The molecule has 4 heteroatoms. The number of amides is 1. The minimum atomic E-state index is -0.282.